The van der Waals surface area contributed by atoms with Gasteiger partial charge < -0.3 is 14.7 Å². The first-order valence-corrected chi connectivity index (χ1v) is 8.11. The first-order valence-electron chi connectivity index (χ1n) is 8.11. The predicted molar refractivity (Wildman–Crippen MR) is 95.9 cm³/mol. The molecule has 1 atom stereocenters. The number of benzene rings is 1. The zero-order chi connectivity index (χ0) is 17.3. The van der Waals surface area contributed by atoms with Gasteiger partial charge in [0.05, 0.1) is 11.8 Å². The molecule has 3 rings (SSSR count). The van der Waals surface area contributed by atoms with E-state index in [9.17, 15) is 5.11 Å². The molecule has 126 valence electrons. The van der Waals surface area contributed by atoms with Crippen molar-refractivity contribution in [2.24, 2.45) is 0 Å². The molecule has 5 nitrogen and oxygen atoms in total. The second-order valence-electron chi connectivity index (χ2n) is 6.23. The molecule has 0 spiro atoms. The van der Waals surface area contributed by atoms with E-state index < -0.39 is 6.23 Å². The minimum Gasteiger partial charge on any atom is -0.491 e. The summed E-state index contributed by atoms with van der Waals surface area (Å²) in [6, 6.07) is 7.73. The normalized spacial score (nSPS) is 17.3. The summed E-state index contributed by atoms with van der Waals surface area (Å²) in [7, 11) is 0. The number of anilines is 1. The minimum absolute atomic E-state index is 0.137. The lowest BCUT2D eigenvalue weighted by molar-refractivity contribution is 0.227. The topological polar surface area (TPSA) is 61.4 Å². The van der Waals surface area contributed by atoms with Gasteiger partial charge in [0.15, 0.2) is 0 Å². The highest BCUT2D eigenvalue weighted by atomic mass is 16.5. The van der Waals surface area contributed by atoms with Gasteiger partial charge in [0.2, 0.25) is 0 Å². The van der Waals surface area contributed by atoms with Crippen LogP contribution in [0.5, 0.6) is 5.75 Å². The van der Waals surface area contributed by atoms with Crippen molar-refractivity contribution in [2.45, 2.75) is 40.0 Å². The number of aromatic amines is 1. The van der Waals surface area contributed by atoms with Crippen molar-refractivity contribution >= 4 is 11.3 Å². The molecule has 0 fully saturated rings. The Bertz CT molecular complexity index is 753. The average molecular weight is 325 g/mol. The summed E-state index contributed by atoms with van der Waals surface area (Å²) in [6.45, 7) is 7.97. The molecule has 1 aromatic carbocycles. The van der Waals surface area contributed by atoms with E-state index in [-0.39, 0.29) is 6.10 Å². The Morgan fingerprint density at radius 2 is 1.92 bits per heavy atom. The summed E-state index contributed by atoms with van der Waals surface area (Å²) in [6.07, 6.45) is 5.10. The monoisotopic (exact) mass is 325 g/mol. The molecule has 0 radical (unpaired) electrons. The number of H-pyrrole nitrogens is 1. The van der Waals surface area contributed by atoms with E-state index in [4.69, 9.17) is 4.74 Å². The van der Waals surface area contributed by atoms with Crippen molar-refractivity contribution in [3.63, 3.8) is 0 Å². The highest BCUT2D eigenvalue weighted by Crippen LogP contribution is 2.30. The van der Waals surface area contributed by atoms with Gasteiger partial charge >= 0.3 is 0 Å². The lowest BCUT2D eigenvalue weighted by Gasteiger charge is -2.28. The van der Waals surface area contributed by atoms with Crippen LogP contribution < -0.4 is 9.64 Å². The minimum atomic E-state index is -0.696. The molecule has 1 unspecified atom stereocenters. The molecule has 0 saturated carbocycles. The number of hydrogen-bond donors (Lipinski definition) is 2. The Morgan fingerprint density at radius 1 is 1.21 bits per heavy atom. The Labute approximate surface area is 142 Å². The molecule has 1 aliphatic rings. The van der Waals surface area contributed by atoms with E-state index in [0.717, 1.165) is 34.0 Å². The van der Waals surface area contributed by atoms with Crippen LogP contribution in [0.1, 0.15) is 30.8 Å². The van der Waals surface area contributed by atoms with Gasteiger partial charge in [-0.1, -0.05) is 6.08 Å². The lowest BCUT2D eigenvalue weighted by Crippen LogP contribution is -2.30. The quantitative estimate of drug-likeness (QED) is 0.902. The van der Waals surface area contributed by atoms with Gasteiger partial charge in [0.1, 0.15) is 12.0 Å². The van der Waals surface area contributed by atoms with Gasteiger partial charge in [0.25, 0.3) is 0 Å². The fourth-order valence-corrected chi connectivity index (χ4v) is 2.87. The number of aryl methyl sites for hydroxylation is 2. The van der Waals surface area contributed by atoms with Crippen LogP contribution >= 0.6 is 0 Å². The number of aromatic nitrogens is 2. The number of aliphatic hydroxyl groups is 1. The van der Waals surface area contributed by atoms with E-state index in [0.29, 0.717) is 0 Å². The van der Waals surface area contributed by atoms with Gasteiger partial charge in [-0.2, -0.15) is 5.10 Å². The van der Waals surface area contributed by atoms with Crippen LogP contribution in [0.3, 0.4) is 0 Å². The van der Waals surface area contributed by atoms with Crippen molar-refractivity contribution in [1.29, 1.82) is 0 Å². The molecule has 1 aliphatic heterocycles. The van der Waals surface area contributed by atoms with Gasteiger partial charge in [-0.3, -0.25) is 5.10 Å². The van der Waals surface area contributed by atoms with E-state index in [1.54, 1.807) is 6.08 Å². The van der Waals surface area contributed by atoms with Crippen LogP contribution in [0, 0.1) is 13.8 Å². The van der Waals surface area contributed by atoms with Crippen LogP contribution in [0.2, 0.25) is 0 Å². The lowest BCUT2D eigenvalue weighted by atomic mass is 10.0. The molecule has 0 amide bonds. The molecular weight excluding hydrogens is 302 g/mol. The highest BCUT2D eigenvalue weighted by Gasteiger charge is 2.20. The number of nitrogens with one attached hydrogen (secondary N) is 1. The molecule has 1 aromatic heterocycles. The summed E-state index contributed by atoms with van der Waals surface area (Å²) >= 11 is 0. The zero-order valence-corrected chi connectivity index (χ0v) is 14.4. The zero-order valence-electron chi connectivity index (χ0n) is 14.4. The fraction of sp³-hybridized carbons (Fsp3) is 0.316. The first kappa shape index (κ1) is 16.3. The first-order chi connectivity index (χ1) is 11.5. The molecule has 24 heavy (non-hydrogen) atoms. The van der Waals surface area contributed by atoms with E-state index >= 15 is 0 Å². The fourth-order valence-electron chi connectivity index (χ4n) is 2.87. The predicted octanol–water partition coefficient (Wildman–Crippen LogP) is 3.55. The number of ether oxygens (including phenoxy) is 1. The molecule has 2 aromatic rings. The SMILES string of the molecule is Cc1n[nH]c(C)c1C1=CN(c2ccc(OC(C)C)cc2)C(O)C=C1. The van der Waals surface area contributed by atoms with Crippen LogP contribution in [0.25, 0.3) is 5.57 Å². The Kier molecular flexibility index (Phi) is 4.44. The van der Waals surface area contributed by atoms with Crippen molar-refractivity contribution in [3.05, 3.63) is 59.6 Å². The summed E-state index contributed by atoms with van der Waals surface area (Å²) in [5, 5.41) is 17.6. The van der Waals surface area contributed by atoms with E-state index in [1.807, 2.05) is 69.1 Å². The third-order valence-electron chi connectivity index (χ3n) is 3.93. The van der Waals surface area contributed by atoms with Gasteiger partial charge in [-0.25, -0.2) is 0 Å². The standard InChI is InChI=1S/C19H23N3O2/c1-12(2)24-17-8-6-16(7-9-17)22-11-15(5-10-18(22)23)19-13(3)20-21-14(19)4/h5-12,18,23H,1-4H3,(H,20,21). The van der Waals surface area contributed by atoms with Crippen LogP contribution in [0.4, 0.5) is 5.69 Å². The molecule has 0 saturated heterocycles. The second kappa shape index (κ2) is 6.53. The maximum absolute atomic E-state index is 10.3. The molecule has 2 N–H and O–H groups in total. The molecule has 0 bridgehead atoms. The molecule has 0 aliphatic carbocycles. The molecule has 5 heteroatoms. The molecular formula is C19H23N3O2. The van der Waals surface area contributed by atoms with Gasteiger partial charge in [0, 0.05) is 28.7 Å². The Morgan fingerprint density at radius 3 is 2.50 bits per heavy atom. The van der Waals surface area contributed by atoms with Crippen molar-refractivity contribution in [3.8, 4) is 5.75 Å². The number of rotatable bonds is 4. The summed E-state index contributed by atoms with van der Waals surface area (Å²) in [4.78, 5) is 1.83. The number of hydrogen-bond acceptors (Lipinski definition) is 4. The maximum Gasteiger partial charge on any atom is 0.150 e. The van der Waals surface area contributed by atoms with E-state index in [2.05, 4.69) is 10.2 Å². The summed E-state index contributed by atoms with van der Waals surface area (Å²) in [5.41, 5.74) is 4.95. The largest absolute Gasteiger partial charge is 0.491 e. The highest BCUT2D eigenvalue weighted by molar-refractivity contribution is 5.80. The van der Waals surface area contributed by atoms with Crippen LogP contribution in [-0.2, 0) is 0 Å². The Balaban J connectivity index is 1.91. The third kappa shape index (κ3) is 3.21. The maximum atomic E-state index is 10.3. The van der Waals surface area contributed by atoms with Crippen LogP contribution in [0.15, 0.2) is 42.6 Å². The average Bonchev–Trinajstić information content (AvgIpc) is 2.87. The van der Waals surface area contributed by atoms with Crippen molar-refractivity contribution in [2.75, 3.05) is 4.90 Å². The van der Waals surface area contributed by atoms with Gasteiger partial charge in [-0.05, 0) is 58.0 Å². The van der Waals surface area contributed by atoms with Crippen LogP contribution in [-0.4, -0.2) is 27.6 Å². The summed E-state index contributed by atoms with van der Waals surface area (Å²) < 4.78 is 5.67. The third-order valence-corrected chi connectivity index (χ3v) is 3.93. The van der Waals surface area contributed by atoms with Crippen molar-refractivity contribution < 1.29 is 9.84 Å². The number of nitrogens with zero attached hydrogens (tertiary/aromatic N) is 2. The summed E-state index contributed by atoms with van der Waals surface area (Å²) in [5.74, 6) is 0.821. The number of allylic oxidation sites excluding steroid dienone is 2. The second-order valence-corrected chi connectivity index (χ2v) is 6.23. The Hall–Kier alpha value is -2.53. The van der Waals surface area contributed by atoms with Gasteiger partial charge in [-0.15, -0.1) is 0 Å². The molecule has 2 heterocycles. The van der Waals surface area contributed by atoms with E-state index in [1.165, 1.54) is 0 Å². The van der Waals surface area contributed by atoms with Crippen molar-refractivity contribution in [1.82, 2.24) is 10.2 Å². The number of aliphatic hydroxyl groups excluding tert-OH is 1. The smallest absolute Gasteiger partial charge is 0.150 e.